The fraction of sp³-hybridized carbons (Fsp3) is 0.519. The minimum atomic E-state index is -0.652. The number of hydrogen-bond donors (Lipinski definition) is 0. The van der Waals surface area contributed by atoms with Gasteiger partial charge in [0.05, 0.1) is 39.9 Å². The van der Waals surface area contributed by atoms with E-state index in [2.05, 4.69) is 44.0 Å². The Morgan fingerprint density at radius 2 is 1.61 bits per heavy atom. The highest BCUT2D eigenvalue weighted by Gasteiger charge is 2.37. The molecule has 0 radical (unpaired) electrons. The van der Waals surface area contributed by atoms with Gasteiger partial charge in [0.25, 0.3) is 0 Å². The first-order valence-electron chi connectivity index (χ1n) is 11.4. The zero-order valence-electron chi connectivity index (χ0n) is 21.1. The largest absolute Gasteiger partial charge is 0.497 e. The smallest absolute Gasteiger partial charge is 0.203 e. The summed E-state index contributed by atoms with van der Waals surface area (Å²) in [6, 6.07) is 14.7. The van der Waals surface area contributed by atoms with E-state index in [9.17, 15) is 5.26 Å². The summed E-state index contributed by atoms with van der Waals surface area (Å²) in [5.41, 5.74) is 1.50. The molecule has 0 saturated carbocycles. The molecule has 0 heterocycles. The van der Waals surface area contributed by atoms with Crippen LogP contribution in [0.5, 0.6) is 23.0 Å². The van der Waals surface area contributed by atoms with Gasteiger partial charge < -0.3 is 23.8 Å². The summed E-state index contributed by atoms with van der Waals surface area (Å²) in [6.45, 7) is 6.04. The fourth-order valence-electron chi connectivity index (χ4n) is 4.24. The average molecular weight is 455 g/mol. The molecule has 2 aromatic carbocycles. The minimum absolute atomic E-state index is 0.118. The first kappa shape index (κ1) is 26.3. The van der Waals surface area contributed by atoms with Crippen LogP contribution >= 0.6 is 0 Å². The number of methoxy groups -OCH3 is 4. The fourth-order valence-corrected chi connectivity index (χ4v) is 4.24. The summed E-state index contributed by atoms with van der Waals surface area (Å²) >= 11 is 0. The molecule has 0 aliphatic carbocycles. The normalized spacial score (nSPS) is 12.8. The van der Waals surface area contributed by atoms with Gasteiger partial charge in [0.1, 0.15) is 5.75 Å². The average Bonchev–Trinajstić information content (AvgIpc) is 2.84. The van der Waals surface area contributed by atoms with Crippen LogP contribution in [0.2, 0.25) is 0 Å². The molecule has 0 fully saturated rings. The molecule has 0 bridgehead atoms. The molecular weight excluding hydrogens is 416 g/mol. The van der Waals surface area contributed by atoms with E-state index >= 15 is 0 Å². The van der Waals surface area contributed by atoms with Crippen LogP contribution < -0.4 is 18.9 Å². The SMILES string of the molecule is COc1cccc(CCN(C)CCC[C@@](C#N)(c2cc(OC)c(OC)c(OC)c2)C(C)C)c1. The molecule has 0 aliphatic rings. The lowest BCUT2D eigenvalue weighted by atomic mass is 9.69. The van der Waals surface area contributed by atoms with Crippen molar-refractivity contribution in [1.82, 2.24) is 4.90 Å². The maximum atomic E-state index is 10.3. The maximum absolute atomic E-state index is 10.3. The molecule has 2 rings (SSSR count). The van der Waals surface area contributed by atoms with Crippen molar-refractivity contribution in [2.24, 2.45) is 5.92 Å². The van der Waals surface area contributed by atoms with E-state index in [0.29, 0.717) is 17.2 Å². The van der Waals surface area contributed by atoms with Gasteiger partial charge in [-0.2, -0.15) is 5.26 Å². The predicted molar refractivity (Wildman–Crippen MR) is 132 cm³/mol. The zero-order chi connectivity index (χ0) is 24.4. The Bertz CT molecular complexity index is 913. The lowest BCUT2D eigenvalue weighted by molar-refractivity contribution is 0.290. The summed E-state index contributed by atoms with van der Waals surface area (Å²) < 4.78 is 21.9. The zero-order valence-corrected chi connectivity index (χ0v) is 21.1. The van der Waals surface area contributed by atoms with Crippen molar-refractivity contribution < 1.29 is 18.9 Å². The molecule has 0 aromatic heterocycles. The summed E-state index contributed by atoms with van der Waals surface area (Å²) in [5, 5.41) is 10.3. The Morgan fingerprint density at radius 3 is 2.12 bits per heavy atom. The summed E-state index contributed by atoms with van der Waals surface area (Å²) in [6.07, 6.45) is 2.59. The van der Waals surface area contributed by atoms with E-state index in [1.807, 2.05) is 24.3 Å². The molecule has 0 unspecified atom stereocenters. The van der Waals surface area contributed by atoms with E-state index in [1.54, 1.807) is 28.4 Å². The first-order chi connectivity index (χ1) is 15.8. The van der Waals surface area contributed by atoms with Gasteiger partial charge >= 0.3 is 0 Å². The number of nitrogens with zero attached hydrogens (tertiary/aromatic N) is 2. The summed E-state index contributed by atoms with van der Waals surface area (Å²) in [7, 11) is 8.60. The Kier molecular flexibility index (Phi) is 9.87. The molecule has 0 saturated heterocycles. The first-order valence-corrected chi connectivity index (χ1v) is 11.4. The van der Waals surface area contributed by atoms with Crippen molar-refractivity contribution in [3.8, 4) is 29.1 Å². The van der Waals surface area contributed by atoms with Crippen LogP contribution in [0.25, 0.3) is 0 Å². The third kappa shape index (κ3) is 6.33. The Balaban J connectivity index is 2.12. The van der Waals surface area contributed by atoms with Gasteiger partial charge in [-0.3, -0.25) is 0 Å². The second-order valence-electron chi connectivity index (χ2n) is 8.66. The molecule has 0 amide bonds. The molecule has 6 nitrogen and oxygen atoms in total. The quantitative estimate of drug-likeness (QED) is 0.420. The van der Waals surface area contributed by atoms with E-state index in [4.69, 9.17) is 18.9 Å². The topological polar surface area (TPSA) is 64.0 Å². The molecular formula is C27H38N2O4. The van der Waals surface area contributed by atoms with Gasteiger partial charge in [0, 0.05) is 6.54 Å². The van der Waals surface area contributed by atoms with Crippen molar-refractivity contribution in [3.05, 3.63) is 47.5 Å². The van der Waals surface area contributed by atoms with Crippen LogP contribution in [0, 0.1) is 17.2 Å². The Morgan fingerprint density at radius 1 is 0.939 bits per heavy atom. The number of likely N-dealkylation sites (N-methyl/N-ethyl adjacent to an activating group) is 1. The number of rotatable bonds is 13. The molecule has 0 spiro atoms. The monoisotopic (exact) mass is 454 g/mol. The van der Waals surface area contributed by atoms with Gasteiger partial charge in [0.2, 0.25) is 5.75 Å². The third-order valence-corrected chi connectivity index (χ3v) is 6.39. The predicted octanol–water partition coefficient (Wildman–Crippen LogP) is 5.09. The highest BCUT2D eigenvalue weighted by atomic mass is 16.5. The van der Waals surface area contributed by atoms with Crippen LogP contribution in [0.3, 0.4) is 0 Å². The second-order valence-corrected chi connectivity index (χ2v) is 8.66. The maximum Gasteiger partial charge on any atom is 0.203 e. The van der Waals surface area contributed by atoms with Crippen molar-refractivity contribution in [2.45, 2.75) is 38.5 Å². The molecule has 0 aliphatic heterocycles. The third-order valence-electron chi connectivity index (χ3n) is 6.39. The van der Waals surface area contributed by atoms with Gasteiger partial charge in [-0.15, -0.1) is 0 Å². The molecule has 6 heteroatoms. The minimum Gasteiger partial charge on any atom is -0.497 e. The molecule has 0 N–H and O–H groups in total. The van der Waals surface area contributed by atoms with Crippen LogP contribution in [0.1, 0.15) is 37.8 Å². The standard InChI is InChI=1S/C27H38N2O4/c1-20(2)27(19-28,22-17-24(31-5)26(33-7)25(18-22)32-6)13-9-14-29(3)15-12-21-10-8-11-23(16-21)30-4/h8,10-11,16-18,20H,9,12-15H2,1-7H3/t27-/m0/s1. The Hall–Kier alpha value is -2.91. The van der Waals surface area contributed by atoms with Crippen molar-refractivity contribution in [3.63, 3.8) is 0 Å². The number of benzene rings is 2. The van der Waals surface area contributed by atoms with Crippen LogP contribution in [-0.4, -0.2) is 53.5 Å². The van der Waals surface area contributed by atoms with Gasteiger partial charge in [-0.1, -0.05) is 26.0 Å². The van der Waals surface area contributed by atoms with Gasteiger partial charge in [0.15, 0.2) is 11.5 Å². The summed E-state index contributed by atoms with van der Waals surface area (Å²) in [5.74, 6) is 2.69. The van der Waals surface area contributed by atoms with Gasteiger partial charge in [-0.05, 0) is 74.2 Å². The van der Waals surface area contributed by atoms with Crippen molar-refractivity contribution >= 4 is 0 Å². The van der Waals surface area contributed by atoms with E-state index < -0.39 is 5.41 Å². The van der Waals surface area contributed by atoms with E-state index in [0.717, 1.165) is 43.7 Å². The van der Waals surface area contributed by atoms with Crippen LogP contribution in [0.4, 0.5) is 0 Å². The molecule has 2 aromatic rings. The van der Waals surface area contributed by atoms with Crippen LogP contribution in [-0.2, 0) is 11.8 Å². The van der Waals surface area contributed by atoms with Crippen molar-refractivity contribution in [1.29, 1.82) is 5.26 Å². The number of ether oxygens (including phenoxy) is 4. The van der Waals surface area contributed by atoms with E-state index in [-0.39, 0.29) is 5.92 Å². The second kappa shape index (κ2) is 12.4. The van der Waals surface area contributed by atoms with E-state index in [1.165, 1.54) is 5.56 Å². The lowest BCUT2D eigenvalue weighted by Gasteiger charge is -2.33. The number of nitriles is 1. The highest BCUT2D eigenvalue weighted by Crippen LogP contribution is 2.45. The summed E-state index contributed by atoms with van der Waals surface area (Å²) in [4.78, 5) is 2.32. The van der Waals surface area contributed by atoms with Crippen LogP contribution in [0.15, 0.2) is 36.4 Å². The lowest BCUT2D eigenvalue weighted by Crippen LogP contribution is -2.32. The van der Waals surface area contributed by atoms with Gasteiger partial charge in [-0.25, -0.2) is 0 Å². The Labute approximate surface area is 199 Å². The number of hydrogen-bond acceptors (Lipinski definition) is 6. The molecule has 180 valence electrons. The molecule has 33 heavy (non-hydrogen) atoms. The highest BCUT2D eigenvalue weighted by molar-refractivity contribution is 5.56. The molecule has 1 atom stereocenters. The van der Waals surface area contributed by atoms with Crippen molar-refractivity contribution in [2.75, 3.05) is 48.6 Å².